The maximum atomic E-state index is 14.1. The Morgan fingerprint density at radius 1 is 1.03 bits per heavy atom. The predicted molar refractivity (Wildman–Crippen MR) is 122 cm³/mol. The molecular formula is C25H19F5N2O2S. The monoisotopic (exact) mass is 506 g/mol. The Hall–Kier alpha value is -3.40. The first-order valence-electron chi connectivity index (χ1n) is 10.6. The highest BCUT2D eigenvalue weighted by Crippen LogP contribution is 2.31. The van der Waals surface area contributed by atoms with Crippen LogP contribution in [0.1, 0.15) is 34.0 Å². The van der Waals surface area contributed by atoms with Crippen molar-refractivity contribution in [3.05, 3.63) is 94.6 Å². The van der Waals surface area contributed by atoms with Gasteiger partial charge in [-0.05, 0) is 61.0 Å². The number of thioether (sulfide) groups is 1. The molecule has 182 valence electrons. The summed E-state index contributed by atoms with van der Waals surface area (Å²) in [5.74, 6) is -1.57. The molecule has 4 aromatic rings. The summed E-state index contributed by atoms with van der Waals surface area (Å²) < 4.78 is 73.3. The Labute approximate surface area is 201 Å². The number of carbonyl (C=O) groups excluding carboxylic acids is 1. The van der Waals surface area contributed by atoms with Crippen LogP contribution in [0.3, 0.4) is 0 Å². The maximum absolute atomic E-state index is 14.1. The van der Waals surface area contributed by atoms with Crippen molar-refractivity contribution in [2.24, 2.45) is 0 Å². The lowest BCUT2D eigenvalue weighted by Gasteiger charge is -2.11. The van der Waals surface area contributed by atoms with E-state index < -0.39 is 29.3 Å². The molecule has 4 rings (SSSR count). The van der Waals surface area contributed by atoms with E-state index in [2.05, 4.69) is 4.98 Å². The highest BCUT2D eigenvalue weighted by molar-refractivity contribution is 7.98. The number of halogens is 5. The average molecular weight is 506 g/mol. The Kier molecular flexibility index (Phi) is 7.11. The molecule has 0 radical (unpaired) electrons. The summed E-state index contributed by atoms with van der Waals surface area (Å²) >= 11 is 1.15. The molecule has 1 heterocycles. The lowest BCUT2D eigenvalue weighted by molar-refractivity contribution is -0.137. The van der Waals surface area contributed by atoms with Crippen LogP contribution in [-0.4, -0.2) is 22.1 Å². The minimum absolute atomic E-state index is 0.0741. The molecule has 0 fully saturated rings. The smallest absolute Gasteiger partial charge is 0.416 e. The zero-order valence-electron chi connectivity index (χ0n) is 18.4. The number of ether oxygens (including phenoxy) is 1. The molecule has 4 nitrogen and oxygen atoms in total. The molecule has 0 saturated carbocycles. The van der Waals surface area contributed by atoms with Crippen LogP contribution < -0.4 is 0 Å². The summed E-state index contributed by atoms with van der Waals surface area (Å²) in [4.78, 5) is 16.7. The van der Waals surface area contributed by atoms with Crippen molar-refractivity contribution in [3.63, 3.8) is 0 Å². The van der Waals surface area contributed by atoms with Crippen LogP contribution in [0.25, 0.3) is 11.0 Å². The molecule has 0 unspecified atom stereocenters. The predicted octanol–water partition coefficient (Wildman–Crippen LogP) is 6.85. The molecule has 0 saturated heterocycles. The lowest BCUT2D eigenvalue weighted by atomic mass is 10.1. The number of esters is 1. The first kappa shape index (κ1) is 24.7. The van der Waals surface area contributed by atoms with Crippen LogP contribution in [0, 0.1) is 11.6 Å². The van der Waals surface area contributed by atoms with Gasteiger partial charge in [0, 0.05) is 11.3 Å². The summed E-state index contributed by atoms with van der Waals surface area (Å²) in [5, 5.41) is 0.435. The number of alkyl halides is 3. The minimum Gasteiger partial charge on any atom is -0.462 e. The molecule has 10 heteroatoms. The van der Waals surface area contributed by atoms with E-state index in [0.29, 0.717) is 27.3 Å². The first-order chi connectivity index (χ1) is 16.7. The highest BCUT2D eigenvalue weighted by Gasteiger charge is 2.30. The number of imidazole rings is 1. The Bertz CT molecular complexity index is 1370. The topological polar surface area (TPSA) is 44.1 Å². The highest BCUT2D eigenvalue weighted by atomic mass is 32.2. The number of hydrogen-bond acceptors (Lipinski definition) is 4. The fraction of sp³-hybridized carbons (Fsp3) is 0.200. The fourth-order valence-electron chi connectivity index (χ4n) is 3.49. The molecular weight excluding hydrogens is 487 g/mol. The van der Waals surface area contributed by atoms with Crippen LogP contribution in [0.2, 0.25) is 0 Å². The Morgan fingerprint density at radius 2 is 1.77 bits per heavy atom. The van der Waals surface area contributed by atoms with Gasteiger partial charge >= 0.3 is 12.1 Å². The third-order valence-corrected chi connectivity index (χ3v) is 6.24. The van der Waals surface area contributed by atoms with Crippen molar-refractivity contribution >= 4 is 28.8 Å². The lowest BCUT2D eigenvalue weighted by Crippen LogP contribution is -2.06. The first-order valence-corrected chi connectivity index (χ1v) is 11.5. The normalized spacial score (nSPS) is 11.7. The van der Waals surface area contributed by atoms with Gasteiger partial charge in [-0.3, -0.25) is 0 Å². The van der Waals surface area contributed by atoms with Gasteiger partial charge in [-0.25, -0.2) is 18.6 Å². The maximum Gasteiger partial charge on any atom is 0.416 e. The van der Waals surface area contributed by atoms with Crippen LogP contribution in [0.15, 0.2) is 65.8 Å². The second-order valence-electron chi connectivity index (χ2n) is 7.62. The van der Waals surface area contributed by atoms with Crippen molar-refractivity contribution in [2.45, 2.75) is 30.6 Å². The van der Waals surface area contributed by atoms with E-state index in [9.17, 15) is 26.7 Å². The molecule has 3 aromatic carbocycles. The second-order valence-corrected chi connectivity index (χ2v) is 8.57. The molecule has 0 amide bonds. The van der Waals surface area contributed by atoms with Gasteiger partial charge in [0.2, 0.25) is 0 Å². The number of nitrogens with zero attached hydrogens (tertiary/aromatic N) is 2. The van der Waals surface area contributed by atoms with Gasteiger partial charge in [-0.15, -0.1) is 0 Å². The number of hydrogen-bond donors (Lipinski definition) is 0. The van der Waals surface area contributed by atoms with E-state index in [1.165, 1.54) is 12.1 Å². The zero-order valence-corrected chi connectivity index (χ0v) is 19.2. The molecule has 1 aromatic heterocycles. The van der Waals surface area contributed by atoms with Crippen molar-refractivity contribution < 1.29 is 31.5 Å². The van der Waals surface area contributed by atoms with E-state index in [1.54, 1.807) is 29.7 Å². The number of carbonyl (C=O) groups is 1. The van der Waals surface area contributed by atoms with Gasteiger partial charge in [0.25, 0.3) is 0 Å². The molecule has 0 N–H and O–H groups in total. The summed E-state index contributed by atoms with van der Waals surface area (Å²) in [6.45, 7) is 2.08. The minimum atomic E-state index is -4.44. The third kappa shape index (κ3) is 5.64. The van der Waals surface area contributed by atoms with Gasteiger partial charge in [0.1, 0.15) is 11.6 Å². The second kappa shape index (κ2) is 10.1. The summed E-state index contributed by atoms with van der Waals surface area (Å²) in [7, 11) is 0. The summed E-state index contributed by atoms with van der Waals surface area (Å²) in [5.41, 5.74) is 1.36. The van der Waals surface area contributed by atoms with Crippen molar-refractivity contribution in [2.75, 3.05) is 6.61 Å². The van der Waals surface area contributed by atoms with Crippen LogP contribution in [0.4, 0.5) is 22.0 Å². The van der Waals surface area contributed by atoms with Gasteiger partial charge in [0.15, 0.2) is 5.16 Å². The molecule has 0 bridgehead atoms. The van der Waals surface area contributed by atoms with Gasteiger partial charge in [-0.2, -0.15) is 13.2 Å². The Balaban J connectivity index is 1.70. The quantitative estimate of drug-likeness (QED) is 0.156. The van der Waals surface area contributed by atoms with E-state index in [0.717, 1.165) is 42.1 Å². The molecule has 0 spiro atoms. The number of aromatic nitrogens is 2. The van der Waals surface area contributed by atoms with Crippen molar-refractivity contribution in [1.82, 2.24) is 9.55 Å². The number of benzene rings is 3. The van der Waals surface area contributed by atoms with Crippen LogP contribution in [-0.2, 0) is 23.2 Å². The summed E-state index contributed by atoms with van der Waals surface area (Å²) in [6, 6.07) is 12.7. The molecule has 0 aliphatic carbocycles. The third-order valence-electron chi connectivity index (χ3n) is 5.21. The molecule has 0 aliphatic rings. The van der Waals surface area contributed by atoms with E-state index in [-0.39, 0.29) is 24.5 Å². The van der Waals surface area contributed by atoms with Crippen LogP contribution >= 0.6 is 11.8 Å². The van der Waals surface area contributed by atoms with Gasteiger partial charge in [0.05, 0.1) is 35.3 Å². The van der Waals surface area contributed by atoms with Crippen molar-refractivity contribution in [1.29, 1.82) is 0 Å². The largest absolute Gasteiger partial charge is 0.462 e. The standard InChI is InChI=1S/C25H19F5N2O2S/c1-2-34-23(33)16-5-10-22-21(12-16)31-24(35-14-17-11-19(26)8-9-20(17)27)32(22)13-15-3-6-18(7-4-15)25(28,29)30/h3-12H,2,13-14H2,1H3. The zero-order chi connectivity index (χ0) is 25.2. The van der Waals surface area contributed by atoms with E-state index in [1.807, 2.05) is 0 Å². The molecule has 35 heavy (non-hydrogen) atoms. The van der Waals surface area contributed by atoms with Gasteiger partial charge in [-0.1, -0.05) is 23.9 Å². The number of fused-ring (bicyclic) bond motifs is 1. The average Bonchev–Trinajstić information content (AvgIpc) is 3.16. The summed E-state index contributed by atoms with van der Waals surface area (Å²) in [6.07, 6.45) is -4.44. The molecule has 0 atom stereocenters. The van der Waals surface area contributed by atoms with Crippen LogP contribution in [0.5, 0.6) is 0 Å². The Morgan fingerprint density at radius 3 is 2.46 bits per heavy atom. The van der Waals surface area contributed by atoms with E-state index in [4.69, 9.17) is 4.74 Å². The number of rotatable bonds is 7. The van der Waals surface area contributed by atoms with Gasteiger partial charge < -0.3 is 9.30 Å². The fourth-order valence-corrected chi connectivity index (χ4v) is 4.48. The van der Waals surface area contributed by atoms with E-state index >= 15 is 0 Å². The molecule has 0 aliphatic heterocycles. The SMILES string of the molecule is CCOC(=O)c1ccc2c(c1)nc(SCc1cc(F)ccc1F)n2Cc1ccc(C(F)(F)F)cc1. The van der Waals surface area contributed by atoms with Crippen molar-refractivity contribution in [3.8, 4) is 0 Å².